The van der Waals surface area contributed by atoms with Crippen LogP contribution in [0.25, 0.3) is 0 Å². The molecule has 192 valence electrons. The molecule has 1 aliphatic heterocycles. The van der Waals surface area contributed by atoms with Crippen molar-refractivity contribution >= 4 is 17.8 Å². The van der Waals surface area contributed by atoms with Gasteiger partial charge in [0.25, 0.3) is 0 Å². The van der Waals surface area contributed by atoms with Gasteiger partial charge in [-0.3, -0.25) is 14.4 Å². The number of carbonyl (C=O) groups excluding carboxylic acids is 3. The van der Waals surface area contributed by atoms with Gasteiger partial charge in [-0.1, -0.05) is 72.8 Å². The minimum Gasteiger partial charge on any atom is -0.463 e. The van der Waals surface area contributed by atoms with Crippen LogP contribution in [-0.4, -0.2) is 48.2 Å². The summed E-state index contributed by atoms with van der Waals surface area (Å²) in [5.41, 5.74) is 2.07. The van der Waals surface area contributed by atoms with Crippen LogP contribution in [0.2, 0.25) is 0 Å². The number of esters is 1. The fourth-order valence-electron chi connectivity index (χ4n) is 4.26. The molecule has 4 unspecified atom stereocenters. The standard InChI is InChI=1S/C29H36N2O5/c1-21-20-36-29(35)25(16-22-10-4-2-5-11-22)15-9-8-14-24(28(34)30-21)18-27(33)31-26(19-32)17-23-12-6-3-7-13-23/h2-13,21,24-26,32H,14-20H2,1H3,(H,30,34)(H,31,33). The van der Waals surface area contributed by atoms with Gasteiger partial charge < -0.3 is 20.5 Å². The van der Waals surface area contributed by atoms with E-state index >= 15 is 0 Å². The maximum atomic E-state index is 12.9. The summed E-state index contributed by atoms with van der Waals surface area (Å²) in [6, 6.07) is 18.6. The molecule has 0 radical (unpaired) electrons. The lowest BCUT2D eigenvalue weighted by atomic mass is 9.94. The molecule has 0 saturated carbocycles. The molecule has 2 amide bonds. The molecule has 0 saturated heterocycles. The SMILES string of the molecule is CC1COC(=O)C(Cc2ccccc2)CC=CCC(CC(=O)NC(CO)Cc2ccccc2)C(=O)N1. The molecule has 3 rings (SSSR count). The Hall–Kier alpha value is -3.45. The second kappa shape index (κ2) is 14.2. The van der Waals surface area contributed by atoms with E-state index in [9.17, 15) is 19.5 Å². The summed E-state index contributed by atoms with van der Waals surface area (Å²) in [7, 11) is 0. The number of carbonyl (C=O) groups is 3. The number of benzene rings is 2. The topological polar surface area (TPSA) is 105 Å². The van der Waals surface area contributed by atoms with Crippen molar-refractivity contribution in [2.45, 2.75) is 51.1 Å². The number of cyclic esters (lactones) is 1. The van der Waals surface area contributed by atoms with Crippen LogP contribution in [0.4, 0.5) is 0 Å². The summed E-state index contributed by atoms with van der Waals surface area (Å²) in [5, 5.41) is 15.5. The Morgan fingerprint density at radius 3 is 2.25 bits per heavy atom. The molecule has 1 aliphatic rings. The van der Waals surface area contributed by atoms with Crippen molar-refractivity contribution in [1.29, 1.82) is 0 Å². The van der Waals surface area contributed by atoms with Gasteiger partial charge >= 0.3 is 5.97 Å². The number of hydrogen-bond donors (Lipinski definition) is 3. The van der Waals surface area contributed by atoms with Gasteiger partial charge in [0.15, 0.2) is 0 Å². The van der Waals surface area contributed by atoms with E-state index in [0.29, 0.717) is 25.7 Å². The summed E-state index contributed by atoms with van der Waals surface area (Å²) in [5.74, 6) is -1.72. The van der Waals surface area contributed by atoms with E-state index in [-0.39, 0.29) is 49.4 Å². The summed E-state index contributed by atoms with van der Waals surface area (Å²) < 4.78 is 5.51. The lowest BCUT2D eigenvalue weighted by Gasteiger charge is -2.23. The van der Waals surface area contributed by atoms with Crippen molar-refractivity contribution in [2.24, 2.45) is 11.8 Å². The second-order valence-corrected chi connectivity index (χ2v) is 9.41. The van der Waals surface area contributed by atoms with Crippen LogP contribution in [0, 0.1) is 11.8 Å². The first kappa shape index (κ1) is 27.1. The Balaban J connectivity index is 1.63. The van der Waals surface area contributed by atoms with Crippen LogP contribution in [0.1, 0.15) is 37.3 Å². The minimum atomic E-state index is -0.567. The van der Waals surface area contributed by atoms with Gasteiger partial charge in [0.2, 0.25) is 11.8 Å². The average Bonchev–Trinajstić information content (AvgIpc) is 2.88. The average molecular weight is 493 g/mol. The fraction of sp³-hybridized carbons (Fsp3) is 0.414. The van der Waals surface area contributed by atoms with Crippen LogP contribution in [0.15, 0.2) is 72.8 Å². The highest BCUT2D eigenvalue weighted by Crippen LogP contribution is 2.18. The third-order valence-electron chi connectivity index (χ3n) is 6.24. The molecular formula is C29H36N2O5. The Morgan fingerprint density at radius 1 is 1.00 bits per heavy atom. The fourth-order valence-corrected chi connectivity index (χ4v) is 4.26. The van der Waals surface area contributed by atoms with Gasteiger partial charge in [-0.2, -0.15) is 0 Å². The first-order valence-electron chi connectivity index (χ1n) is 12.5. The molecule has 7 nitrogen and oxygen atoms in total. The maximum Gasteiger partial charge on any atom is 0.309 e. The van der Waals surface area contributed by atoms with Gasteiger partial charge in [-0.25, -0.2) is 0 Å². The van der Waals surface area contributed by atoms with E-state index in [2.05, 4.69) is 10.6 Å². The normalized spacial score (nSPS) is 21.9. The number of amides is 2. The summed E-state index contributed by atoms with van der Waals surface area (Å²) in [4.78, 5) is 38.4. The van der Waals surface area contributed by atoms with Crippen LogP contribution < -0.4 is 10.6 Å². The Bertz CT molecular complexity index is 1010. The van der Waals surface area contributed by atoms with Gasteiger partial charge in [-0.05, 0) is 43.7 Å². The highest BCUT2D eigenvalue weighted by atomic mass is 16.5. The largest absolute Gasteiger partial charge is 0.463 e. The maximum absolute atomic E-state index is 12.9. The first-order chi connectivity index (χ1) is 17.4. The van der Waals surface area contributed by atoms with Crippen molar-refractivity contribution in [2.75, 3.05) is 13.2 Å². The van der Waals surface area contributed by atoms with Crippen molar-refractivity contribution in [3.8, 4) is 0 Å². The highest BCUT2D eigenvalue weighted by Gasteiger charge is 2.26. The number of hydrogen-bond acceptors (Lipinski definition) is 5. The molecule has 0 fully saturated rings. The van der Waals surface area contributed by atoms with Crippen molar-refractivity contribution in [3.05, 3.63) is 83.9 Å². The molecule has 2 aromatic carbocycles. The number of rotatable bonds is 8. The number of ether oxygens (including phenoxy) is 1. The number of aliphatic hydroxyl groups is 1. The van der Waals surface area contributed by atoms with Gasteiger partial charge in [-0.15, -0.1) is 0 Å². The Labute approximate surface area is 212 Å². The van der Waals surface area contributed by atoms with E-state index < -0.39 is 12.0 Å². The molecule has 0 aromatic heterocycles. The van der Waals surface area contributed by atoms with Crippen LogP contribution in [-0.2, 0) is 32.0 Å². The number of nitrogens with one attached hydrogen (secondary N) is 2. The van der Waals surface area contributed by atoms with Crippen molar-refractivity contribution in [1.82, 2.24) is 10.6 Å². The molecule has 3 N–H and O–H groups in total. The quantitative estimate of drug-likeness (QED) is 0.388. The van der Waals surface area contributed by atoms with E-state index in [1.54, 1.807) is 6.92 Å². The van der Waals surface area contributed by atoms with E-state index in [1.807, 2.05) is 72.8 Å². The lowest BCUT2D eigenvalue weighted by Crippen LogP contribution is -2.44. The molecule has 1 heterocycles. The molecular weight excluding hydrogens is 456 g/mol. The van der Waals surface area contributed by atoms with Gasteiger partial charge in [0.1, 0.15) is 6.61 Å². The zero-order valence-corrected chi connectivity index (χ0v) is 20.8. The summed E-state index contributed by atoms with van der Waals surface area (Å²) in [6.07, 6.45) is 5.70. The first-order valence-corrected chi connectivity index (χ1v) is 12.5. The second-order valence-electron chi connectivity index (χ2n) is 9.41. The molecule has 4 atom stereocenters. The Morgan fingerprint density at radius 2 is 1.61 bits per heavy atom. The monoisotopic (exact) mass is 492 g/mol. The van der Waals surface area contributed by atoms with Crippen LogP contribution >= 0.6 is 0 Å². The van der Waals surface area contributed by atoms with E-state index in [1.165, 1.54) is 0 Å². The van der Waals surface area contributed by atoms with Gasteiger partial charge in [0, 0.05) is 6.42 Å². The molecule has 0 aliphatic carbocycles. The van der Waals surface area contributed by atoms with Crippen molar-refractivity contribution < 1.29 is 24.2 Å². The molecule has 7 heteroatoms. The zero-order valence-electron chi connectivity index (χ0n) is 20.8. The molecule has 0 bridgehead atoms. The number of allylic oxidation sites excluding steroid dienone is 2. The molecule has 0 spiro atoms. The third kappa shape index (κ3) is 8.96. The predicted molar refractivity (Wildman–Crippen MR) is 138 cm³/mol. The lowest BCUT2D eigenvalue weighted by molar-refractivity contribution is -0.149. The van der Waals surface area contributed by atoms with Crippen LogP contribution in [0.3, 0.4) is 0 Å². The smallest absolute Gasteiger partial charge is 0.309 e. The van der Waals surface area contributed by atoms with Crippen LogP contribution in [0.5, 0.6) is 0 Å². The highest BCUT2D eigenvalue weighted by molar-refractivity contribution is 5.86. The summed E-state index contributed by atoms with van der Waals surface area (Å²) in [6.45, 7) is 1.66. The van der Waals surface area contributed by atoms with Gasteiger partial charge in [0.05, 0.1) is 30.5 Å². The van der Waals surface area contributed by atoms with Crippen molar-refractivity contribution in [3.63, 3.8) is 0 Å². The Kier molecular flexibility index (Phi) is 10.7. The summed E-state index contributed by atoms with van der Waals surface area (Å²) >= 11 is 0. The zero-order chi connectivity index (χ0) is 25.8. The predicted octanol–water partition coefficient (Wildman–Crippen LogP) is 2.97. The minimum absolute atomic E-state index is 0.00140. The number of aliphatic hydroxyl groups excluding tert-OH is 1. The van der Waals surface area contributed by atoms with E-state index in [0.717, 1.165) is 11.1 Å². The van der Waals surface area contributed by atoms with E-state index in [4.69, 9.17) is 4.74 Å². The molecule has 36 heavy (non-hydrogen) atoms. The molecule has 2 aromatic rings. The third-order valence-corrected chi connectivity index (χ3v) is 6.24.